The third-order valence-electron chi connectivity index (χ3n) is 21.4. The molecule has 1 heterocycles. The van der Waals surface area contributed by atoms with E-state index in [9.17, 15) is 4.79 Å². The molecule has 0 radical (unpaired) electrons. The summed E-state index contributed by atoms with van der Waals surface area (Å²) in [6, 6.07) is 67.5. The van der Waals surface area contributed by atoms with Gasteiger partial charge in [0.15, 0.2) is 0 Å². The highest BCUT2D eigenvalue weighted by atomic mass is 28.4. The maximum atomic E-state index is 12.9. The molecule has 2 aliphatic carbocycles. The lowest BCUT2D eigenvalue weighted by atomic mass is 9.80. The van der Waals surface area contributed by atoms with E-state index >= 15 is 0 Å². The molecule has 0 fully saturated rings. The Labute approximate surface area is 651 Å². The van der Waals surface area contributed by atoms with Crippen LogP contribution in [0.3, 0.4) is 0 Å². The maximum Gasteiger partial charge on any atom is 0.500 e. The second-order valence-electron chi connectivity index (χ2n) is 32.2. The summed E-state index contributed by atoms with van der Waals surface area (Å²) in [6.07, 6.45) is 21.0. The number of allylic oxidation sites excluding steroid dienone is 1. The molecule has 0 saturated carbocycles. The Morgan fingerprint density at radius 3 is 1.50 bits per heavy atom. The van der Waals surface area contributed by atoms with Crippen LogP contribution in [-0.4, -0.2) is 66.6 Å². The van der Waals surface area contributed by atoms with Crippen molar-refractivity contribution in [3.05, 3.63) is 260 Å². The van der Waals surface area contributed by atoms with Gasteiger partial charge in [-0.25, -0.2) is 0 Å². The van der Waals surface area contributed by atoms with Crippen molar-refractivity contribution in [1.29, 1.82) is 0 Å². The van der Waals surface area contributed by atoms with E-state index in [4.69, 9.17) is 32.5 Å². The van der Waals surface area contributed by atoms with Crippen molar-refractivity contribution in [2.45, 2.75) is 158 Å². The standard InChI is InChI=1S/C98H113N3O7Si/c1-16-106-109(107-17-2,108-18-3)58-24-56-99-95(102)30-23-25-71-39-53-90-89(59-71)98(14,15)94(100-90)54-40-74-36-46-77(93(62-74)105-66-69(8)9)45-35-73-34-44-76(92(61-73)104-65-68(6)7)43-33-72-32-42-75(91(60-72)103-57-55-67(4)5)41-31-70-37-47-78(48-38-70)101(79-50-52-87-84(63-79)82-27-20-22-29-86(82)96(87,10)11)80-49-51-83-81-26-19-21-28-85(81)97(12,13)88(83)64-80/h19-22,26-29,31-54,59-64,67-69H,16-18,23-25,30,55-58,65-66H2,1-15H3,(H,99,102). The molecule has 10 nitrogen and oxygen atoms in total. The number of aliphatic imine (C=N–C) groups is 1. The summed E-state index contributed by atoms with van der Waals surface area (Å²) in [5.41, 5.74) is 25.0. The first-order valence-electron chi connectivity index (χ1n) is 39.8. The lowest BCUT2D eigenvalue weighted by molar-refractivity contribution is -0.121. The number of nitrogens with one attached hydrogen (secondary N) is 1. The molecule has 1 aliphatic heterocycles. The molecular weight excluding hydrogens is 1360 g/mol. The molecule has 3 aliphatic rings. The van der Waals surface area contributed by atoms with E-state index in [1.54, 1.807) is 0 Å². The van der Waals surface area contributed by atoms with Crippen molar-refractivity contribution < 1.29 is 32.3 Å². The number of carbonyl (C=O) groups is 1. The van der Waals surface area contributed by atoms with Crippen molar-refractivity contribution in [2.24, 2.45) is 22.7 Å². The normalized spacial score (nSPS) is 14.5. The van der Waals surface area contributed by atoms with Crippen LogP contribution in [0.15, 0.2) is 193 Å². The number of carbonyl (C=O) groups excluding carboxylic acids is 1. The van der Waals surface area contributed by atoms with E-state index in [2.05, 4.69) is 324 Å². The maximum absolute atomic E-state index is 12.9. The number of nitrogens with zero attached hydrogens (tertiary/aromatic N) is 2. The molecule has 0 atom stereocenters. The minimum Gasteiger partial charge on any atom is -0.493 e. The van der Waals surface area contributed by atoms with Gasteiger partial charge in [-0.15, -0.1) is 0 Å². The van der Waals surface area contributed by atoms with Gasteiger partial charge < -0.3 is 37.7 Å². The first-order chi connectivity index (χ1) is 52.5. The molecule has 12 rings (SSSR count). The smallest absolute Gasteiger partial charge is 0.493 e. The number of benzene rings is 9. The Morgan fingerprint density at radius 1 is 0.450 bits per heavy atom. The first kappa shape index (κ1) is 78.9. The van der Waals surface area contributed by atoms with Crippen LogP contribution in [0, 0.1) is 17.8 Å². The molecular formula is C98H113N3O7Si. The summed E-state index contributed by atoms with van der Waals surface area (Å²) < 4.78 is 37.8. The van der Waals surface area contributed by atoms with E-state index in [-0.39, 0.29) is 22.2 Å². The fourth-order valence-electron chi connectivity index (χ4n) is 15.3. The predicted octanol–water partition coefficient (Wildman–Crippen LogP) is 24.7. The summed E-state index contributed by atoms with van der Waals surface area (Å²) >= 11 is 0. The number of amides is 1. The van der Waals surface area contributed by atoms with E-state index in [0.29, 0.717) is 76.4 Å². The van der Waals surface area contributed by atoms with Crippen LogP contribution in [0.1, 0.15) is 202 Å². The number of hydrogen-bond acceptors (Lipinski definition) is 9. The highest BCUT2D eigenvalue weighted by molar-refractivity contribution is 6.60. The fraction of sp³-hybridized carbons (Fsp3) is 0.347. The van der Waals surface area contributed by atoms with Crippen molar-refractivity contribution >= 4 is 85.7 Å². The van der Waals surface area contributed by atoms with E-state index in [1.165, 1.54) is 55.6 Å². The first-order valence-corrected chi connectivity index (χ1v) is 41.7. The molecule has 1 N–H and O–H groups in total. The van der Waals surface area contributed by atoms with Gasteiger partial charge in [0.2, 0.25) is 5.91 Å². The van der Waals surface area contributed by atoms with Gasteiger partial charge in [0.05, 0.1) is 31.2 Å². The van der Waals surface area contributed by atoms with Crippen molar-refractivity contribution in [3.8, 4) is 39.5 Å². The van der Waals surface area contributed by atoms with Crippen molar-refractivity contribution in [3.63, 3.8) is 0 Å². The summed E-state index contributed by atoms with van der Waals surface area (Å²) in [6.45, 7) is 36.9. The van der Waals surface area contributed by atoms with Gasteiger partial charge in [0.1, 0.15) is 17.2 Å². The van der Waals surface area contributed by atoms with E-state index < -0.39 is 8.80 Å². The van der Waals surface area contributed by atoms with Gasteiger partial charge in [0.25, 0.3) is 0 Å². The lowest BCUT2D eigenvalue weighted by Crippen LogP contribution is -2.46. The molecule has 0 unspecified atom stereocenters. The van der Waals surface area contributed by atoms with Crippen LogP contribution in [0.4, 0.5) is 22.7 Å². The summed E-state index contributed by atoms with van der Waals surface area (Å²) in [5.74, 6) is 3.73. The molecule has 9 aromatic carbocycles. The van der Waals surface area contributed by atoms with Gasteiger partial charge in [0, 0.05) is 88.8 Å². The van der Waals surface area contributed by atoms with Gasteiger partial charge in [-0.3, -0.25) is 9.79 Å². The number of fused-ring (bicyclic) bond motifs is 7. The zero-order chi connectivity index (χ0) is 77.0. The van der Waals surface area contributed by atoms with E-state index in [1.807, 2.05) is 20.8 Å². The number of anilines is 3. The molecule has 109 heavy (non-hydrogen) atoms. The molecule has 1 amide bonds. The van der Waals surface area contributed by atoms with Crippen molar-refractivity contribution in [1.82, 2.24) is 5.32 Å². The molecule has 9 aromatic rings. The van der Waals surface area contributed by atoms with Crippen molar-refractivity contribution in [2.75, 3.05) is 51.1 Å². The Bertz CT molecular complexity index is 4840. The SMILES string of the molecule is CCO[Si](CCCNC(=O)CCCc1ccc2c(c1)C(C)(C)C(C=Cc1ccc(C=Cc3ccc(C=Cc4ccc(C=Cc5ccc(N(c6ccc7c(c6)-c6ccccc6C7(C)C)c6ccc7c(c6)C(C)(C)c6ccccc6-7)cc5)c(OCCC(C)C)c4)c(OCC(C)C)c3)c(OCC(C)C)c1)=N2)(OCC)OCC. The molecule has 566 valence electrons. The Kier molecular flexibility index (Phi) is 25.3. The highest BCUT2D eigenvalue weighted by Gasteiger charge is 2.41. The van der Waals surface area contributed by atoms with E-state index in [0.717, 1.165) is 110 Å². The summed E-state index contributed by atoms with van der Waals surface area (Å²) in [7, 11) is -2.73. The number of rotatable bonds is 35. The van der Waals surface area contributed by atoms with Crippen LogP contribution in [0.5, 0.6) is 17.2 Å². The second-order valence-corrected chi connectivity index (χ2v) is 34.9. The lowest BCUT2D eigenvalue weighted by Gasteiger charge is -2.29. The largest absolute Gasteiger partial charge is 0.500 e. The monoisotopic (exact) mass is 1470 g/mol. The highest BCUT2D eigenvalue weighted by Crippen LogP contribution is 2.53. The van der Waals surface area contributed by atoms with Gasteiger partial charge >= 0.3 is 8.80 Å². The van der Waals surface area contributed by atoms with Crippen LogP contribution < -0.4 is 24.4 Å². The average molecular weight is 1470 g/mol. The Hall–Kier alpha value is -9.62. The van der Waals surface area contributed by atoms with Crippen LogP contribution in [-0.2, 0) is 40.7 Å². The Morgan fingerprint density at radius 2 is 0.936 bits per heavy atom. The summed E-state index contributed by atoms with van der Waals surface area (Å²) in [4.78, 5) is 20.5. The second kappa shape index (κ2) is 34.9. The molecule has 0 spiro atoms. The third-order valence-corrected chi connectivity index (χ3v) is 24.5. The van der Waals surface area contributed by atoms with Gasteiger partial charge in [-0.1, -0.05) is 247 Å². The number of hydrogen-bond donors (Lipinski definition) is 1. The minimum absolute atomic E-state index is 0.0571. The Balaban J connectivity index is 0.727. The van der Waals surface area contributed by atoms with Crippen LogP contribution in [0.25, 0.3) is 64.8 Å². The fourth-order valence-corrected chi connectivity index (χ4v) is 17.9. The summed E-state index contributed by atoms with van der Waals surface area (Å²) in [5, 5.41) is 3.10. The topological polar surface area (TPSA) is 100 Å². The van der Waals surface area contributed by atoms with Gasteiger partial charge in [-0.2, -0.15) is 0 Å². The average Bonchev–Trinajstić information content (AvgIpc) is 1.59. The zero-order valence-corrected chi connectivity index (χ0v) is 68.1. The van der Waals surface area contributed by atoms with Gasteiger partial charge in [-0.05, 0) is 209 Å². The predicted molar refractivity (Wildman–Crippen MR) is 460 cm³/mol. The molecule has 0 bridgehead atoms. The van der Waals surface area contributed by atoms with Crippen LogP contribution in [0.2, 0.25) is 6.04 Å². The minimum atomic E-state index is -2.73. The van der Waals surface area contributed by atoms with Crippen LogP contribution >= 0.6 is 0 Å². The number of aryl methyl sites for hydroxylation is 1. The molecule has 0 saturated heterocycles. The molecule has 0 aromatic heterocycles. The number of ether oxygens (including phenoxy) is 3. The quantitative estimate of drug-likeness (QED) is 0.0238. The third kappa shape index (κ3) is 18.5. The molecule has 11 heteroatoms. The zero-order valence-electron chi connectivity index (χ0n) is 67.1.